The van der Waals surface area contributed by atoms with Gasteiger partial charge in [-0.15, -0.1) is 11.6 Å². The molecule has 0 saturated heterocycles. The van der Waals surface area contributed by atoms with Crippen molar-refractivity contribution in [2.24, 2.45) is 0 Å². The number of hydrogen-bond acceptors (Lipinski definition) is 2. The van der Waals surface area contributed by atoms with E-state index in [1.807, 2.05) is 32.0 Å². The van der Waals surface area contributed by atoms with E-state index in [2.05, 4.69) is 0 Å². The first-order valence-corrected chi connectivity index (χ1v) is 5.91. The van der Waals surface area contributed by atoms with Crippen LogP contribution in [0, 0.1) is 6.92 Å². The summed E-state index contributed by atoms with van der Waals surface area (Å²) >= 11 is 5.82. The molecule has 0 aromatic heterocycles. The molecule has 0 N–H and O–H groups in total. The second-order valence-corrected chi connectivity index (χ2v) is 4.48. The largest absolute Gasteiger partial charge is 0.493 e. The molecule has 2 nitrogen and oxygen atoms in total. The van der Waals surface area contributed by atoms with Crippen LogP contribution in [0.15, 0.2) is 18.2 Å². The van der Waals surface area contributed by atoms with Gasteiger partial charge in [0, 0.05) is 0 Å². The highest BCUT2D eigenvalue weighted by Gasteiger charge is 2.17. The molecular weight excluding hydrogens is 224 g/mol. The summed E-state index contributed by atoms with van der Waals surface area (Å²) in [4.78, 5) is 11.9. The minimum atomic E-state index is -0.522. The normalized spacial score (nSPS) is 12.2. The van der Waals surface area contributed by atoms with E-state index in [1.54, 1.807) is 6.92 Å². The topological polar surface area (TPSA) is 26.3 Å². The van der Waals surface area contributed by atoms with Gasteiger partial charge in [-0.1, -0.05) is 18.6 Å². The number of ketones is 1. The van der Waals surface area contributed by atoms with Gasteiger partial charge in [0.1, 0.15) is 5.75 Å². The lowest BCUT2D eigenvalue weighted by atomic mass is 10.0. The van der Waals surface area contributed by atoms with E-state index in [1.165, 1.54) is 0 Å². The van der Waals surface area contributed by atoms with E-state index in [-0.39, 0.29) is 5.78 Å². The molecule has 1 atom stereocenters. The number of aryl methyl sites for hydroxylation is 1. The predicted octanol–water partition coefficient (Wildman–Crippen LogP) is 3.59. The van der Waals surface area contributed by atoms with Gasteiger partial charge in [-0.3, -0.25) is 4.79 Å². The van der Waals surface area contributed by atoms with E-state index in [4.69, 9.17) is 16.3 Å². The summed E-state index contributed by atoms with van der Waals surface area (Å²) in [6.07, 6.45) is 0.915. The Hall–Kier alpha value is -1.02. The average Bonchev–Trinajstić information content (AvgIpc) is 2.26. The summed E-state index contributed by atoms with van der Waals surface area (Å²) in [5.74, 6) is 0.543. The van der Waals surface area contributed by atoms with Crippen molar-refractivity contribution in [1.29, 1.82) is 0 Å². The van der Waals surface area contributed by atoms with Crippen LogP contribution in [0.3, 0.4) is 0 Å². The Balaban J connectivity index is 3.03. The fourth-order valence-electron chi connectivity index (χ4n) is 1.39. The molecule has 16 heavy (non-hydrogen) atoms. The van der Waals surface area contributed by atoms with Gasteiger partial charge in [-0.25, -0.2) is 0 Å². The molecule has 3 heteroatoms. The van der Waals surface area contributed by atoms with Crippen LogP contribution < -0.4 is 4.74 Å². The number of carbonyl (C=O) groups is 1. The van der Waals surface area contributed by atoms with Crippen molar-refractivity contribution in [2.75, 3.05) is 6.61 Å². The first-order valence-electron chi connectivity index (χ1n) is 5.48. The van der Waals surface area contributed by atoms with Crippen molar-refractivity contribution in [3.05, 3.63) is 29.3 Å². The van der Waals surface area contributed by atoms with Gasteiger partial charge in [0.25, 0.3) is 0 Å². The highest BCUT2D eigenvalue weighted by molar-refractivity contribution is 6.33. The van der Waals surface area contributed by atoms with Gasteiger partial charge in [0.05, 0.1) is 17.5 Å². The molecule has 1 rings (SSSR count). The summed E-state index contributed by atoms with van der Waals surface area (Å²) in [6, 6.07) is 5.59. The molecule has 0 spiro atoms. The highest BCUT2D eigenvalue weighted by Crippen LogP contribution is 2.23. The molecule has 0 aliphatic rings. The zero-order valence-corrected chi connectivity index (χ0v) is 10.7. The lowest BCUT2D eigenvalue weighted by molar-refractivity contribution is 0.0987. The molecule has 0 saturated carbocycles. The summed E-state index contributed by atoms with van der Waals surface area (Å²) in [7, 11) is 0. The first kappa shape index (κ1) is 13.0. The Morgan fingerprint density at radius 1 is 1.50 bits per heavy atom. The minimum absolute atomic E-state index is 0.0866. The second kappa shape index (κ2) is 5.90. The number of halogens is 1. The molecule has 0 aliphatic heterocycles. The number of rotatable bonds is 5. The van der Waals surface area contributed by atoms with Crippen LogP contribution in [0.2, 0.25) is 0 Å². The van der Waals surface area contributed by atoms with Crippen LogP contribution in [0.25, 0.3) is 0 Å². The van der Waals surface area contributed by atoms with Crippen molar-refractivity contribution in [3.63, 3.8) is 0 Å². The Morgan fingerprint density at radius 2 is 2.19 bits per heavy atom. The lowest BCUT2D eigenvalue weighted by Crippen LogP contribution is -2.13. The summed E-state index contributed by atoms with van der Waals surface area (Å²) in [5.41, 5.74) is 1.61. The van der Waals surface area contributed by atoms with Crippen molar-refractivity contribution >= 4 is 17.4 Å². The van der Waals surface area contributed by atoms with Crippen molar-refractivity contribution in [1.82, 2.24) is 0 Å². The van der Waals surface area contributed by atoms with Crippen LogP contribution >= 0.6 is 11.6 Å². The van der Waals surface area contributed by atoms with Gasteiger partial charge >= 0.3 is 0 Å². The quantitative estimate of drug-likeness (QED) is 0.581. The minimum Gasteiger partial charge on any atom is -0.493 e. The number of alkyl halides is 1. The Bertz CT molecular complexity index is 372. The molecule has 0 heterocycles. The first-order chi connectivity index (χ1) is 7.56. The smallest absolute Gasteiger partial charge is 0.184 e. The van der Waals surface area contributed by atoms with Crippen LogP contribution in [0.4, 0.5) is 0 Å². The zero-order valence-electron chi connectivity index (χ0n) is 9.92. The SMILES string of the molecule is CCCOc1ccc(C)cc1C(=O)C(C)Cl. The van der Waals surface area contributed by atoms with E-state index >= 15 is 0 Å². The monoisotopic (exact) mass is 240 g/mol. The van der Waals surface area contributed by atoms with Crippen molar-refractivity contribution < 1.29 is 9.53 Å². The molecule has 88 valence electrons. The Kier molecular flexibility index (Phi) is 4.81. The van der Waals surface area contributed by atoms with Crippen LogP contribution in [0.5, 0.6) is 5.75 Å². The number of Topliss-reactive ketones (excluding diaryl/α,β-unsaturated/α-hetero) is 1. The molecule has 0 aliphatic carbocycles. The van der Waals surface area contributed by atoms with Crippen LogP contribution in [-0.4, -0.2) is 17.8 Å². The summed E-state index contributed by atoms with van der Waals surface area (Å²) < 4.78 is 5.53. The van der Waals surface area contributed by atoms with Crippen molar-refractivity contribution in [2.45, 2.75) is 32.6 Å². The number of benzene rings is 1. The molecular formula is C13H17ClO2. The maximum absolute atomic E-state index is 11.9. The second-order valence-electron chi connectivity index (χ2n) is 3.83. The van der Waals surface area contributed by atoms with E-state index in [9.17, 15) is 4.79 Å². The Labute approximate surface area is 102 Å². The van der Waals surface area contributed by atoms with Gasteiger partial charge in [0.2, 0.25) is 0 Å². The standard InChI is InChI=1S/C13H17ClO2/c1-4-7-16-12-6-5-9(2)8-11(12)13(15)10(3)14/h5-6,8,10H,4,7H2,1-3H3. The zero-order chi connectivity index (χ0) is 12.1. The molecule has 0 amide bonds. The average molecular weight is 241 g/mol. The third kappa shape index (κ3) is 3.24. The van der Waals surface area contributed by atoms with E-state index in [0.717, 1.165) is 12.0 Å². The Morgan fingerprint density at radius 3 is 2.75 bits per heavy atom. The summed E-state index contributed by atoms with van der Waals surface area (Å²) in [6.45, 7) is 6.26. The molecule has 0 fully saturated rings. The fourth-order valence-corrected chi connectivity index (χ4v) is 1.51. The van der Waals surface area contributed by atoms with E-state index < -0.39 is 5.38 Å². The van der Waals surface area contributed by atoms with Gasteiger partial charge in [0.15, 0.2) is 5.78 Å². The third-order valence-corrected chi connectivity index (χ3v) is 2.42. The molecule has 0 radical (unpaired) electrons. The maximum Gasteiger partial charge on any atom is 0.184 e. The maximum atomic E-state index is 11.9. The molecule has 1 aromatic rings. The van der Waals surface area contributed by atoms with Crippen LogP contribution in [0.1, 0.15) is 36.2 Å². The summed E-state index contributed by atoms with van der Waals surface area (Å²) in [5, 5.41) is -0.522. The molecule has 1 unspecified atom stereocenters. The van der Waals surface area contributed by atoms with Crippen LogP contribution in [-0.2, 0) is 0 Å². The van der Waals surface area contributed by atoms with E-state index in [0.29, 0.717) is 17.9 Å². The highest BCUT2D eigenvalue weighted by atomic mass is 35.5. The number of ether oxygens (including phenoxy) is 1. The predicted molar refractivity (Wildman–Crippen MR) is 66.6 cm³/mol. The number of hydrogen-bond donors (Lipinski definition) is 0. The van der Waals surface area contributed by atoms with Gasteiger partial charge in [-0.2, -0.15) is 0 Å². The molecule has 0 bridgehead atoms. The fraction of sp³-hybridized carbons (Fsp3) is 0.462. The van der Waals surface area contributed by atoms with Gasteiger partial charge < -0.3 is 4.74 Å². The van der Waals surface area contributed by atoms with Crippen molar-refractivity contribution in [3.8, 4) is 5.75 Å². The molecule has 1 aromatic carbocycles. The number of carbonyl (C=O) groups excluding carboxylic acids is 1. The third-order valence-electron chi connectivity index (χ3n) is 2.22. The van der Waals surface area contributed by atoms with Gasteiger partial charge in [-0.05, 0) is 32.4 Å². The lowest BCUT2D eigenvalue weighted by Gasteiger charge is -2.11.